The fourth-order valence-electron chi connectivity index (χ4n) is 6.73. The van der Waals surface area contributed by atoms with E-state index >= 15 is 4.39 Å². The second-order valence-corrected chi connectivity index (χ2v) is 14.4. The Bertz CT molecular complexity index is 1890. The van der Waals surface area contributed by atoms with Gasteiger partial charge in [0.1, 0.15) is 23.0 Å². The molecule has 7 rings (SSSR count). The van der Waals surface area contributed by atoms with Gasteiger partial charge in [-0.3, -0.25) is 10.1 Å². The lowest BCUT2D eigenvalue weighted by atomic mass is 9.92. The number of aryl methyl sites for hydroxylation is 2. The van der Waals surface area contributed by atoms with Gasteiger partial charge in [0.25, 0.3) is 0 Å². The fourth-order valence-corrected chi connectivity index (χ4v) is 6.73. The lowest BCUT2D eigenvalue weighted by Crippen LogP contribution is -2.45. The number of piperidine rings is 1. The van der Waals surface area contributed by atoms with Crippen LogP contribution in [-0.2, 0) is 19.0 Å². The SMILES string of the molecule is COC(=O)[C@@H](OC(C)(C)C)c1c(C)cc2nc3cn2c1N1CCC(C)(CC1)OC/C=C/C[C@H](N)Oc1cc(C)cc(F)c1-c1cccc-3c1. The zero-order valence-corrected chi connectivity index (χ0v) is 29.5. The standard InChI is InChI=1S/C39H47FN4O5/c1-24-19-28(40)34-27-12-10-11-26(22-27)29-23-44-32(42-29)21-25(2)33(35(37(45)46-7)49-38(3,4)5)36(44)43-16-14-39(6,15-17-43)47-18-9-8-13-31(41)48-30(34)20-24/h8-12,19-23,31,35H,13-18,41H2,1-7H3/b9-8+/t31-,35+/m1/s1. The van der Waals surface area contributed by atoms with Crippen LogP contribution >= 0.6 is 0 Å². The first kappa shape index (κ1) is 34.6. The smallest absolute Gasteiger partial charge is 0.339 e. The third kappa shape index (κ3) is 7.37. The number of benzene rings is 2. The maximum absolute atomic E-state index is 15.7. The van der Waals surface area contributed by atoms with E-state index in [4.69, 9.17) is 29.7 Å². The minimum atomic E-state index is -0.965. The fraction of sp³-hybridized carbons (Fsp3) is 0.436. The average molecular weight is 671 g/mol. The van der Waals surface area contributed by atoms with Gasteiger partial charge in [-0.15, -0.1) is 0 Å². The van der Waals surface area contributed by atoms with E-state index in [1.807, 2.05) is 93.8 Å². The summed E-state index contributed by atoms with van der Waals surface area (Å²) in [6.45, 7) is 13.5. The number of fused-ring (bicyclic) bond motifs is 7. The molecule has 2 aromatic carbocycles. The number of carbonyl (C=O) groups is 1. The third-order valence-corrected chi connectivity index (χ3v) is 9.23. The molecule has 0 aliphatic carbocycles. The van der Waals surface area contributed by atoms with E-state index in [1.165, 1.54) is 13.2 Å². The molecule has 6 bridgehead atoms. The van der Waals surface area contributed by atoms with Crippen molar-refractivity contribution in [1.82, 2.24) is 9.38 Å². The molecule has 10 heteroatoms. The molecule has 9 nitrogen and oxygen atoms in total. The van der Waals surface area contributed by atoms with Gasteiger partial charge in [0.15, 0.2) is 12.3 Å². The number of esters is 1. The molecule has 0 radical (unpaired) electrons. The van der Waals surface area contributed by atoms with Gasteiger partial charge in [-0.05, 0) is 95.3 Å². The van der Waals surface area contributed by atoms with Crippen molar-refractivity contribution in [3.63, 3.8) is 0 Å². The van der Waals surface area contributed by atoms with Gasteiger partial charge in [-0.2, -0.15) is 0 Å². The third-order valence-electron chi connectivity index (χ3n) is 9.23. The quantitative estimate of drug-likeness (QED) is 0.177. The maximum Gasteiger partial charge on any atom is 0.339 e. The van der Waals surface area contributed by atoms with Gasteiger partial charge in [0, 0.05) is 36.8 Å². The molecule has 2 N–H and O–H groups in total. The van der Waals surface area contributed by atoms with Crippen molar-refractivity contribution >= 4 is 17.4 Å². The molecule has 0 amide bonds. The van der Waals surface area contributed by atoms with Crippen LogP contribution in [0.1, 0.15) is 69.8 Å². The summed E-state index contributed by atoms with van der Waals surface area (Å²) in [5.74, 6) is 0.343. The largest absolute Gasteiger partial charge is 0.474 e. The van der Waals surface area contributed by atoms with E-state index in [1.54, 1.807) is 0 Å². The normalized spacial score (nSPS) is 21.2. The van der Waals surface area contributed by atoms with Crippen molar-refractivity contribution in [2.24, 2.45) is 5.73 Å². The average Bonchev–Trinajstić information content (AvgIpc) is 3.46. The molecule has 2 atom stereocenters. The van der Waals surface area contributed by atoms with E-state index < -0.39 is 29.7 Å². The van der Waals surface area contributed by atoms with E-state index in [0.717, 1.165) is 40.9 Å². The number of nitrogens with two attached hydrogens (primary N) is 1. The van der Waals surface area contributed by atoms with E-state index in [9.17, 15) is 4.79 Å². The Hall–Kier alpha value is -4.25. The molecule has 3 aliphatic heterocycles. The molecule has 4 aromatic rings. The maximum atomic E-state index is 15.7. The number of aromatic nitrogens is 2. The lowest BCUT2D eigenvalue weighted by Gasteiger charge is -2.41. The van der Waals surface area contributed by atoms with Gasteiger partial charge >= 0.3 is 5.97 Å². The van der Waals surface area contributed by atoms with Crippen LogP contribution in [0, 0.1) is 19.7 Å². The predicted molar refractivity (Wildman–Crippen MR) is 189 cm³/mol. The van der Waals surface area contributed by atoms with Crippen LogP contribution in [0.4, 0.5) is 10.2 Å². The molecule has 0 saturated carbocycles. The van der Waals surface area contributed by atoms with Gasteiger partial charge in [0.2, 0.25) is 0 Å². The highest BCUT2D eigenvalue weighted by Crippen LogP contribution is 2.41. The first-order chi connectivity index (χ1) is 23.2. The van der Waals surface area contributed by atoms with Crippen LogP contribution < -0.4 is 15.4 Å². The van der Waals surface area contributed by atoms with Crippen molar-refractivity contribution in [3.05, 3.63) is 83.3 Å². The Kier molecular flexibility index (Phi) is 9.59. The number of hydrogen-bond acceptors (Lipinski definition) is 8. The van der Waals surface area contributed by atoms with Gasteiger partial charge in [0.05, 0.1) is 36.2 Å². The minimum Gasteiger partial charge on any atom is -0.474 e. The zero-order chi connectivity index (χ0) is 35.1. The van der Waals surface area contributed by atoms with Gasteiger partial charge in [-0.25, -0.2) is 14.2 Å². The molecular formula is C39H47FN4O5. The predicted octanol–water partition coefficient (Wildman–Crippen LogP) is 7.45. The number of hydrogen-bond donors (Lipinski definition) is 1. The van der Waals surface area contributed by atoms with Crippen LogP contribution in [0.2, 0.25) is 0 Å². The van der Waals surface area contributed by atoms with Crippen LogP contribution in [0.15, 0.2) is 60.8 Å². The van der Waals surface area contributed by atoms with E-state index in [0.29, 0.717) is 54.3 Å². The number of anilines is 1. The Morgan fingerprint density at radius 1 is 1.10 bits per heavy atom. The summed E-state index contributed by atoms with van der Waals surface area (Å²) in [4.78, 5) is 20.8. The van der Waals surface area contributed by atoms with E-state index in [-0.39, 0.29) is 5.60 Å². The molecule has 260 valence electrons. The Morgan fingerprint density at radius 2 is 1.84 bits per heavy atom. The summed E-state index contributed by atoms with van der Waals surface area (Å²) in [7, 11) is 1.38. The lowest BCUT2D eigenvalue weighted by molar-refractivity contribution is -0.164. The molecule has 0 spiro atoms. The van der Waals surface area contributed by atoms with Crippen molar-refractivity contribution in [3.8, 4) is 28.1 Å². The second-order valence-electron chi connectivity index (χ2n) is 14.4. The highest BCUT2D eigenvalue weighted by Gasteiger charge is 2.37. The van der Waals surface area contributed by atoms with Crippen molar-refractivity contribution < 1.29 is 28.1 Å². The number of nitrogens with zero attached hydrogens (tertiary/aromatic N) is 3. The van der Waals surface area contributed by atoms with Crippen molar-refractivity contribution in [2.75, 3.05) is 31.7 Å². The van der Waals surface area contributed by atoms with Crippen LogP contribution in [-0.4, -0.2) is 59.6 Å². The van der Waals surface area contributed by atoms with E-state index in [2.05, 4.69) is 11.8 Å². The summed E-state index contributed by atoms with van der Waals surface area (Å²) < 4.78 is 42.1. The number of carbonyl (C=O) groups excluding carboxylic acids is 1. The van der Waals surface area contributed by atoms with Gasteiger partial charge in [-0.1, -0.05) is 30.4 Å². The highest BCUT2D eigenvalue weighted by molar-refractivity contribution is 5.82. The Morgan fingerprint density at radius 3 is 2.55 bits per heavy atom. The van der Waals surface area contributed by atoms with Crippen molar-refractivity contribution in [1.29, 1.82) is 0 Å². The number of ether oxygens (including phenoxy) is 4. The summed E-state index contributed by atoms with van der Waals surface area (Å²) in [6.07, 6.45) is 6.22. The minimum absolute atomic E-state index is 0.337. The first-order valence-corrected chi connectivity index (χ1v) is 16.9. The van der Waals surface area contributed by atoms with Crippen LogP contribution in [0.5, 0.6) is 5.75 Å². The summed E-state index contributed by atoms with van der Waals surface area (Å²) in [6, 6.07) is 12.9. The van der Waals surface area contributed by atoms with Gasteiger partial charge < -0.3 is 23.8 Å². The summed E-state index contributed by atoms with van der Waals surface area (Å²) in [5.41, 5.74) is 10.9. The number of halogens is 1. The first-order valence-electron chi connectivity index (χ1n) is 16.9. The Balaban J connectivity index is 1.57. The molecule has 1 saturated heterocycles. The molecule has 2 aromatic heterocycles. The molecule has 0 unspecified atom stereocenters. The second kappa shape index (κ2) is 13.6. The molecule has 5 heterocycles. The monoisotopic (exact) mass is 670 g/mol. The number of pyridine rings is 1. The van der Waals surface area contributed by atoms with Crippen molar-refractivity contribution in [2.45, 2.75) is 84.3 Å². The molecule has 3 aliphatic rings. The number of imidazole rings is 1. The Labute approximate surface area is 287 Å². The number of methoxy groups -OCH3 is 1. The molecule has 49 heavy (non-hydrogen) atoms. The zero-order valence-electron chi connectivity index (χ0n) is 29.5. The number of rotatable bonds is 3. The molecular weight excluding hydrogens is 623 g/mol. The highest BCUT2D eigenvalue weighted by atomic mass is 19.1. The summed E-state index contributed by atoms with van der Waals surface area (Å²) in [5, 5.41) is 0. The molecule has 1 fully saturated rings. The van der Waals surface area contributed by atoms with Crippen LogP contribution in [0.25, 0.3) is 28.0 Å². The summed E-state index contributed by atoms with van der Waals surface area (Å²) >= 11 is 0. The van der Waals surface area contributed by atoms with Crippen LogP contribution in [0.3, 0.4) is 0 Å². The topological polar surface area (TPSA) is 101 Å².